The van der Waals surface area contributed by atoms with Crippen LogP contribution in [0.3, 0.4) is 0 Å². The van der Waals surface area contributed by atoms with Crippen molar-refractivity contribution >= 4 is 5.97 Å². The molecule has 6 heteroatoms. The average Bonchev–Trinajstić information content (AvgIpc) is 3.37. The van der Waals surface area contributed by atoms with Crippen LogP contribution in [0.2, 0.25) is 0 Å². The molecular weight excluding hydrogens is 304 g/mol. The number of rotatable bonds is 4. The van der Waals surface area contributed by atoms with Gasteiger partial charge in [0.2, 0.25) is 0 Å². The van der Waals surface area contributed by atoms with Crippen molar-refractivity contribution in [2.45, 2.75) is 18.8 Å². The Morgan fingerprint density at radius 3 is 2.62 bits per heavy atom. The fourth-order valence-electron chi connectivity index (χ4n) is 2.58. The zero-order valence-electron chi connectivity index (χ0n) is 13.2. The summed E-state index contributed by atoms with van der Waals surface area (Å²) < 4.78 is 7.13. The van der Waals surface area contributed by atoms with Crippen molar-refractivity contribution in [3.63, 3.8) is 0 Å². The molecule has 0 unspecified atom stereocenters. The predicted molar refractivity (Wildman–Crippen MR) is 87.6 cm³/mol. The summed E-state index contributed by atoms with van der Waals surface area (Å²) in [6, 6.07) is 10.7. The van der Waals surface area contributed by atoms with Crippen LogP contribution in [0.1, 0.15) is 34.8 Å². The van der Waals surface area contributed by atoms with Crippen LogP contribution in [0, 0.1) is 0 Å². The molecule has 1 saturated carbocycles. The summed E-state index contributed by atoms with van der Waals surface area (Å²) in [4.78, 5) is 21.0. The highest BCUT2D eigenvalue weighted by Gasteiger charge is 2.29. The molecule has 0 bridgehead atoms. The van der Waals surface area contributed by atoms with Gasteiger partial charge in [0.15, 0.2) is 5.82 Å². The highest BCUT2D eigenvalue weighted by atomic mass is 16.5. The van der Waals surface area contributed by atoms with E-state index in [1.165, 1.54) is 0 Å². The first kappa shape index (κ1) is 14.6. The third-order valence-electron chi connectivity index (χ3n) is 3.95. The molecule has 24 heavy (non-hydrogen) atoms. The first-order valence-corrected chi connectivity index (χ1v) is 7.84. The molecule has 4 rings (SSSR count). The molecule has 3 aromatic rings. The number of hydrogen-bond donors (Lipinski definition) is 0. The fourth-order valence-corrected chi connectivity index (χ4v) is 2.58. The molecule has 120 valence electrons. The average molecular weight is 320 g/mol. The van der Waals surface area contributed by atoms with Crippen molar-refractivity contribution in [3.8, 4) is 17.1 Å². The highest BCUT2D eigenvalue weighted by molar-refractivity contribution is 5.92. The maximum atomic E-state index is 12.4. The minimum absolute atomic E-state index is 0.367. The Labute approximate surface area is 139 Å². The zero-order valence-corrected chi connectivity index (χ0v) is 13.2. The van der Waals surface area contributed by atoms with Crippen molar-refractivity contribution in [1.29, 1.82) is 0 Å². The van der Waals surface area contributed by atoms with Crippen LogP contribution in [-0.4, -0.2) is 25.7 Å². The van der Waals surface area contributed by atoms with E-state index < -0.39 is 0 Å². The van der Waals surface area contributed by atoms with Crippen molar-refractivity contribution in [2.24, 2.45) is 7.05 Å². The molecule has 1 fully saturated rings. The molecule has 0 radical (unpaired) electrons. The molecule has 2 heterocycles. The van der Waals surface area contributed by atoms with Crippen LogP contribution in [-0.2, 0) is 7.05 Å². The second kappa shape index (κ2) is 5.88. The minimum atomic E-state index is -0.367. The van der Waals surface area contributed by atoms with Gasteiger partial charge in [-0.15, -0.1) is 0 Å². The number of aromatic nitrogens is 4. The third kappa shape index (κ3) is 2.90. The Hall–Kier alpha value is -3.02. The smallest absolute Gasteiger partial charge is 0.345 e. The Bertz CT molecular complexity index is 882. The van der Waals surface area contributed by atoms with E-state index in [1.807, 2.05) is 19.2 Å². The largest absolute Gasteiger partial charge is 0.423 e. The lowest BCUT2D eigenvalue weighted by Crippen LogP contribution is -2.12. The van der Waals surface area contributed by atoms with Gasteiger partial charge in [0.05, 0.1) is 11.3 Å². The first-order chi connectivity index (χ1) is 11.7. The number of pyridine rings is 1. The standard InChI is InChI=1S/C18H16N4O2/c1-22-11-20-17(21-22)13-6-8-14(9-7-13)24-18(23)15-3-2-10-19-16(15)12-4-5-12/h2-3,6-12H,4-5H2,1H3. The Balaban J connectivity index is 1.52. The SMILES string of the molecule is Cn1cnc(-c2ccc(OC(=O)c3cccnc3C3CC3)cc2)n1. The van der Waals surface area contributed by atoms with Crippen molar-refractivity contribution in [3.05, 3.63) is 60.2 Å². The number of nitrogens with zero attached hydrogens (tertiary/aromatic N) is 4. The molecule has 1 aliphatic rings. The molecule has 0 amide bonds. The highest BCUT2D eigenvalue weighted by Crippen LogP contribution is 2.40. The van der Waals surface area contributed by atoms with E-state index >= 15 is 0 Å². The quantitative estimate of drug-likeness (QED) is 0.546. The van der Waals surface area contributed by atoms with Gasteiger partial charge in [-0.1, -0.05) is 0 Å². The van der Waals surface area contributed by atoms with Crippen molar-refractivity contribution in [2.75, 3.05) is 0 Å². The number of ether oxygens (including phenoxy) is 1. The summed E-state index contributed by atoms with van der Waals surface area (Å²) in [5.41, 5.74) is 2.27. The van der Waals surface area contributed by atoms with Crippen LogP contribution >= 0.6 is 0 Å². The normalized spacial score (nSPS) is 13.7. The molecule has 2 aromatic heterocycles. The maximum Gasteiger partial charge on any atom is 0.345 e. The van der Waals surface area contributed by atoms with Crippen LogP contribution in [0.5, 0.6) is 5.75 Å². The van der Waals surface area contributed by atoms with Gasteiger partial charge in [0.25, 0.3) is 0 Å². The van der Waals surface area contributed by atoms with E-state index in [-0.39, 0.29) is 5.97 Å². The Morgan fingerprint density at radius 1 is 1.17 bits per heavy atom. The predicted octanol–water partition coefficient (Wildman–Crippen LogP) is 2.97. The van der Waals surface area contributed by atoms with E-state index in [0.29, 0.717) is 23.1 Å². The lowest BCUT2D eigenvalue weighted by molar-refractivity contribution is 0.0733. The number of benzene rings is 1. The van der Waals surface area contributed by atoms with Gasteiger partial charge in [-0.25, -0.2) is 9.78 Å². The molecule has 1 aliphatic carbocycles. The second-order valence-corrected chi connectivity index (χ2v) is 5.87. The summed E-state index contributed by atoms with van der Waals surface area (Å²) in [5.74, 6) is 1.16. The summed E-state index contributed by atoms with van der Waals surface area (Å²) in [7, 11) is 1.82. The van der Waals surface area contributed by atoms with E-state index in [1.54, 1.807) is 41.5 Å². The third-order valence-corrected chi connectivity index (χ3v) is 3.95. The van der Waals surface area contributed by atoms with Crippen molar-refractivity contribution < 1.29 is 9.53 Å². The fraction of sp³-hybridized carbons (Fsp3) is 0.222. The molecule has 0 spiro atoms. The van der Waals surface area contributed by atoms with Crippen LogP contribution < -0.4 is 4.74 Å². The Kier molecular flexibility index (Phi) is 3.57. The van der Waals surface area contributed by atoms with Gasteiger partial charge in [0, 0.05) is 24.7 Å². The van der Waals surface area contributed by atoms with Gasteiger partial charge in [-0.05, 0) is 49.2 Å². The lowest BCUT2D eigenvalue weighted by atomic mass is 10.1. The molecular formula is C18H16N4O2. The maximum absolute atomic E-state index is 12.4. The molecule has 0 aliphatic heterocycles. The van der Waals surface area contributed by atoms with Crippen LogP contribution in [0.4, 0.5) is 0 Å². The molecule has 0 saturated heterocycles. The molecule has 0 N–H and O–H groups in total. The molecule has 1 aromatic carbocycles. The Morgan fingerprint density at radius 2 is 1.96 bits per heavy atom. The summed E-state index contributed by atoms with van der Waals surface area (Å²) in [5, 5.41) is 4.25. The minimum Gasteiger partial charge on any atom is -0.423 e. The van der Waals surface area contributed by atoms with Crippen LogP contribution in [0.25, 0.3) is 11.4 Å². The number of carbonyl (C=O) groups is 1. The number of carbonyl (C=O) groups excluding carboxylic acids is 1. The topological polar surface area (TPSA) is 69.9 Å². The van der Waals surface area contributed by atoms with Gasteiger partial charge in [0.1, 0.15) is 12.1 Å². The lowest BCUT2D eigenvalue weighted by Gasteiger charge is -2.08. The number of aryl methyl sites for hydroxylation is 1. The number of hydrogen-bond acceptors (Lipinski definition) is 5. The van der Waals surface area contributed by atoms with E-state index in [2.05, 4.69) is 15.1 Å². The summed E-state index contributed by atoms with van der Waals surface area (Å²) in [6.45, 7) is 0. The van der Waals surface area contributed by atoms with E-state index in [0.717, 1.165) is 24.1 Å². The van der Waals surface area contributed by atoms with Gasteiger partial charge in [-0.2, -0.15) is 5.10 Å². The molecule has 6 nitrogen and oxygen atoms in total. The van der Waals surface area contributed by atoms with Gasteiger partial charge >= 0.3 is 5.97 Å². The second-order valence-electron chi connectivity index (χ2n) is 5.87. The van der Waals surface area contributed by atoms with Crippen molar-refractivity contribution in [1.82, 2.24) is 19.7 Å². The van der Waals surface area contributed by atoms with Gasteiger partial charge < -0.3 is 4.74 Å². The first-order valence-electron chi connectivity index (χ1n) is 7.84. The number of esters is 1. The van der Waals surface area contributed by atoms with Gasteiger partial charge in [-0.3, -0.25) is 9.67 Å². The van der Waals surface area contributed by atoms with E-state index in [9.17, 15) is 4.79 Å². The van der Waals surface area contributed by atoms with E-state index in [4.69, 9.17) is 4.74 Å². The summed E-state index contributed by atoms with van der Waals surface area (Å²) in [6.07, 6.45) is 5.54. The monoisotopic (exact) mass is 320 g/mol. The zero-order chi connectivity index (χ0) is 16.5. The molecule has 0 atom stereocenters. The summed E-state index contributed by atoms with van der Waals surface area (Å²) >= 11 is 0. The van der Waals surface area contributed by atoms with Crippen LogP contribution in [0.15, 0.2) is 48.9 Å².